The molecule has 0 saturated heterocycles. The molecule has 0 aliphatic rings. The second-order valence-corrected chi connectivity index (χ2v) is 3.72. The maximum absolute atomic E-state index is 13.6. The average Bonchev–Trinajstić information content (AvgIpc) is 2.36. The van der Waals surface area contributed by atoms with E-state index in [4.69, 9.17) is 9.47 Å². The number of hydrogen-bond donors (Lipinski definition) is 0. The molecule has 0 aliphatic carbocycles. The van der Waals surface area contributed by atoms with E-state index in [0.29, 0.717) is 0 Å². The Morgan fingerprint density at radius 1 is 1.15 bits per heavy atom. The lowest BCUT2D eigenvalue weighted by atomic mass is 10.1. The summed E-state index contributed by atoms with van der Waals surface area (Å²) < 4.78 is 63.1. The van der Waals surface area contributed by atoms with E-state index in [1.807, 2.05) is 0 Å². The summed E-state index contributed by atoms with van der Waals surface area (Å²) in [6, 6.07) is 1.96. The quantitative estimate of drug-likeness (QED) is 0.598. The summed E-state index contributed by atoms with van der Waals surface area (Å²) in [7, 11) is 2.56. The molecular weight excluding hydrogens is 284 g/mol. The maximum atomic E-state index is 13.6. The minimum Gasteiger partial charge on any atom is -0.493 e. The summed E-state index contributed by atoms with van der Waals surface area (Å²) in [5, 5.41) is 0. The van der Waals surface area contributed by atoms with Crippen molar-refractivity contribution in [3.8, 4) is 11.5 Å². The van der Waals surface area contributed by atoms with Gasteiger partial charge < -0.3 is 14.2 Å². The number of ether oxygens (including phenoxy) is 3. The Bertz CT molecular complexity index is 485. The van der Waals surface area contributed by atoms with Gasteiger partial charge >= 0.3 is 6.18 Å². The molecule has 0 unspecified atom stereocenters. The summed E-state index contributed by atoms with van der Waals surface area (Å²) in [6.07, 6.45) is -4.55. The van der Waals surface area contributed by atoms with Crippen molar-refractivity contribution in [1.29, 1.82) is 0 Å². The number of carbonyl (C=O) groups is 1. The Kier molecular flexibility index (Phi) is 5.32. The van der Waals surface area contributed by atoms with Gasteiger partial charge in [-0.25, -0.2) is 4.39 Å². The van der Waals surface area contributed by atoms with Crippen molar-refractivity contribution in [2.24, 2.45) is 0 Å². The SMILES string of the molecule is COc1cc(F)c(C(=O)COCC(F)(F)F)cc1OC. The van der Waals surface area contributed by atoms with Crippen LogP contribution in [0.1, 0.15) is 10.4 Å². The highest BCUT2D eigenvalue weighted by Gasteiger charge is 2.28. The second-order valence-electron chi connectivity index (χ2n) is 3.72. The summed E-state index contributed by atoms with van der Waals surface area (Å²) >= 11 is 0. The maximum Gasteiger partial charge on any atom is 0.411 e. The molecule has 0 atom stereocenters. The highest BCUT2D eigenvalue weighted by Crippen LogP contribution is 2.30. The number of halogens is 4. The van der Waals surface area contributed by atoms with Crippen LogP contribution in [-0.2, 0) is 4.74 Å². The third-order valence-corrected chi connectivity index (χ3v) is 2.27. The zero-order valence-corrected chi connectivity index (χ0v) is 10.7. The normalized spacial score (nSPS) is 11.3. The molecule has 0 spiro atoms. The Hall–Kier alpha value is -1.83. The number of alkyl halides is 3. The Labute approximate surface area is 112 Å². The molecule has 20 heavy (non-hydrogen) atoms. The molecule has 8 heteroatoms. The van der Waals surface area contributed by atoms with Gasteiger partial charge in [0.05, 0.1) is 19.8 Å². The van der Waals surface area contributed by atoms with Crippen LogP contribution >= 0.6 is 0 Å². The fourth-order valence-corrected chi connectivity index (χ4v) is 1.41. The van der Waals surface area contributed by atoms with Gasteiger partial charge in [-0.2, -0.15) is 13.2 Å². The first-order chi connectivity index (χ1) is 9.28. The number of hydrogen-bond acceptors (Lipinski definition) is 4. The van der Waals surface area contributed by atoms with E-state index < -0.39 is 36.6 Å². The average molecular weight is 296 g/mol. The number of carbonyl (C=O) groups excluding carboxylic acids is 1. The van der Waals surface area contributed by atoms with E-state index in [1.165, 1.54) is 14.2 Å². The molecule has 0 aliphatic heterocycles. The van der Waals surface area contributed by atoms with Crippen LogP contribution in [0.4, 0.5) is 17.6 Å². The molecule has 0 heterocycles. The summed E-state index contributed by atoms with van der Waals surface area (Å²) in [6.45, 7) is -2.46. The van der Waals surface area contributed by atoms with Crippen LogP contribution in [-0.4, -0.2) is 39.4 Å². The van der Waals surface area contributed by atoms with Crippen LogP contribution in [0.25, 0.3) is 0 Å². The predicted molar refractivity (Wildman–Crippen MR) is 60.7 cm³/mol. The van der Waals surface area contributed by atoms with Gasteiger partial charge in [0, 0.05) is 6.07 Å². The van der Waals surface area contributed by atoms with Crippen LogP contribution in [0.3, 0.4) is 0 Å². The molecule has 0 radical (unpaired) electrons. The standard InChI is InChI=1S/C12H12F4O4/c1-18-10-3-7(8(13)4-11(10)19-2)9(17)5-20-6-12(14,15)16/h3-4H,5-6H2,1-2H3. The Morgan fingerprint density at radius 3 is 2.20 bits per heavy atom. The van der Waals surface area contributed by atoms with Crippen LogP contribution in [0.5, 0.6) is 11.5 Å². The van der Waals surface area contributed by atoms with Gasteiger partial charge in [-0.05, 0) is 6.07 Å². The van der Waals surface area contributed by atoms with E-state index in [9.17, 15) is 22.4 Å². The van der Waals surface area contributed by atoms with Gasteiger partial charge in [0.1, 0.15) is 19.0 Å². The van der Waals surface area contributed by atoms with Gasteiger partial charge in [-0.1, -0.05) is 0 Å². The highest BCUT2D eigenvalue weighted by molar-refractivity contribution is 5.98. The van der Waals surface area contributed by atoms with E-state index in [-0.39, 0.29) is 11.5 Å². The molecule has 0 bridgehead atoms. The summed E-state index contributed by atoms with van der Waals surface area (Å²) in [4.78, 5) is 11.6. The zero-order valence-electron chi connectivity index (χ0n) is 10.7. The van der Waals surface area contributed by atoms with Crippen LogP contribution < -0.4 is 9.47 Å². The predicted octanol–water partition coefficient (Wildman–Crippen LogP) is 2.60. The topological polar surface area (TPSA) is 44.8 Å². The molecule has 4 nitrogen and oxygen atoms in total. The minimum atomic E-state index is -4.55. The number of Topliss-reactive ketones (excluding diaryl/α,β-unsaturated/α-hetero) is 1. The molecule has 1 aromatic rings. The minimum absolute atomic E-state index is 0.0674. The lowest BCUT2D eigenvalue weighted by Gasteiger charge is -2.11. The van der Waals surface area contributed by atoms with Gasteiger partial charge in [0.15, 0.2) is 17.3 Å². The first-order valence-electron chi connectivity index (χ1n) is 5.37. The Balaban J connectivity index is 2.82. The fourth-order valence-electron chi connectivity index (χ4n) is 1.41. The molecule has 0 fully saturated rings. The molecule has 112 valence electrons. The lowest BCUT2D eigenvalue weighted by Crippen LogP contribution is -2.21. The first-order valence-corrected chi connectivity index (χ1v) is 5.37. The Morgan fingerprint density at radius 2 is 1.70 bits per heavy atom. The largest absolute Gasteiger partial charge is 0.493 e. The molecule has 0 saturated carbocycles. The van der Waals surface area contributed by atoms with Crippen molar-refractivity contribution >= 4 is 5.78 Å². The number of rotatable bonds is 6. The molecular formula is C12H12F4O4. The van der Waals surface area contributed by atoms with E-state index in [0.717, 1.165) is 12.1 Å². The van der Waals surface area contributed by atoms with E-state index >= 15 is 0 Å². The molecule has 1 rings (SSSR count). The van der Waals surface area contributed by atoms with Crippen molar-refractivity contribution in [1.82, 2.24) is 0 Å². The van der Waals surface area contributed by atoms with Gasteiger partial charge in [0.25, 0.3) is 0 Å². The second kappa shape index (κ2) is 6.56. The van der Waals surface area contributed by atoms with E-state index in [1.54, 1.807) is 0 Å². The van der Waals surface area contributed by atoms with Crippen LogP contribution in [0.2, 0.25) is 0 Å². The van der Waals surface area contributed by atoms with Gasteiger partial charge in [-0.15, -0.1) is 0 Å². The lowest BCUT2D eigenvalue weighted by molar-refractivity contribution is -0.170. The van der Waals surface area contributed by atoms with Crippen molar-refractivity contribution in [2.75, 3.05) is 27.4 Å². The van der Waals surface area contributed by atoms with E-state index in [2.05, 4.69) is 4.74 Å². The number of ketones is 1. The number of methoxy groups -OCH3 is 2. The van der Waals surface area contributed by atoms with Crippen molar-refractivity contribution in [3.63, 3.8) is 0 Å². The van der Waals surface area contributed by atoms with Crippen molar-refractivity contribution < 1.29 is 36.6 Å². The van der Waals surface area contributed by atoms with Crippen LogP contribution in [0.15, 0.2) is 12.1 Å². The molecule has 0 aromatic heterocycles. The van der Waals surface area contributed by atoms with Crippen molar-refractivity contribution in [2.45, 2.75) is 6.18 Å². The number of benzene rings is 1. The third kappa shape index (κ3) is 4.37. The van der Waals surface area contributed by atoms with Crippen LogP contribution in [0, 0.1) is 5.82 Å². The first kappa shape index (κ1) is 16.2. The van der Waals surface area contributed by atoms with Crippen molar-refractivity contribution in [3.05, 3.63) is 23.5 Å². The zero-order chi connectivity index (χ0) is 15.3. The smallest absolute Gasteiger partial charge is 0.411 e. The molecule has 1 aromatic carbocycles. The summed E-state index contributed by atoms with van der Waals surface area (Å²) in [5.74, 6) is -1.69. The molecule has 0 N–H and O–H groups in total. The highest BCUT2D eigenvalue weighted by atomic mass is 19.4. The summed E-state index contributed by atoms with van der Waals surface area (Å²) in [5.41, 5.74) is -0.426. The van der Waals surface area contributed by atoms with Gasteiger partial charge in [-0.3, -0.25) is 4.79 Å². The monoisotopic (exact) mass is 296 g/mol. The van der Waals surface area contributed by atoms with Gasteiger partial charge in [0.2, 0.25) is 0 Å². The molecule has 0 amide bonds. The fraction of sp³-hybridized carbons (Fsp3) is 0.417. The third-order valence-electron chi connectivity index (χ3n) is 2.27.